The lowest BCUT2D eigenvalue weighted by Crippen LogP contribution is -2.30. The number of rotatable bonds is 5. The molecule has 0 aromatic heterocycles. The molecule has 2 aliphatic rings. The lowest BCUT2D eigenvalue weighted by molar-refractivity contribution is -0.149. The highest BCUT2D eigenvalue weighted by atomic mass is 32.2. The molecule has 0 spiro atoms. The molecule has 128 valence electrons. The Bertz CT molecular complexity index is 549. The van der Waals surface area contributed by atoms with Crippen molar-refractivity contribution in [1.29, 1.82) is 0 Å². The van der Waals surface area contributed by atoms with Crippen LogP contribution in [-0.4, -0.2) is 47.3 Å². The molecule has 0 aliphatic carbocycles. The molecule has 0 atom stereocenters. The minimum atomic E-state index is -0.554. The fourth-order valence-corrected chi connectivity index (χ4v) is 3.49. The van der Waals surface area contributed by atoms with Gasteiger partial charge in [-0.1, -0.05) is 0 Å². The van der Waals surface area contributed by atoms with E-state index in [1.54, 1.807) is 6.92 Å². The van der Waals surface area contributed by atoms with Gasteiger partial charge in [0.15, 0.2) is 5.17 Å². The first kappa shape index (κ1) is 17.8. The fourth-order valence-electron chi connectivity index (χ4n) is 2.38. The van der Waals surface area contributed by atoms with E-state index < -0.39 is 5.60 Å². The Morgan fingerprint density at radius 3 is 2.74 bits per heavy atom. The first-order valence-electron chi connectivity index (χ1n) is 7.94. The summed E-state index contributed by atoms with van der Waals surface area (Å²) in [6.45, 7) is 9.25. The van der Waals surface area contributed by atoms with E-state index >= 15 is 0 Å². The zero-order valence-corrected chi connectivity index (χ0v) is 15.0. The van der Waals surface area contributed by atoms with Crippen LogP contribution in [-0.2, 0) is 19.1 Å². The van der Waals surface area contributed by atoms with E-state index in [1.807, 2.05) is 25.7 Å². The average molecular weight is 340 g/mol. The zero-order valence-electron chi connectivity index (χ0n) is 14.2. The molecular weight excluding hydrogens is 316 g/mol. The number of carbonyl (C=O) groups excluding carboxylic acids is 2. The van der Waals surface area contributed by atoms with E-state index in [4.69, 9.17) is 9.47 Å². The number of thioether (sulfide) groups is 1. The minimum Gasteiger partial charge on any atom is -0.466 e. The monoisotopic (exact) mass is 340 g/mol. The van der Waals surface area contributed by atoms with Gasteiger partial charge in [-0.3, -0.25) is 9.79 Å². The van der Waals surface area contributed by atoms with Gasteiger partial charge in [0.1, 0.15) is 10.5 Å². The second kappa shape index (κ2) is 7.38. The number of amidine groups is 1. The first-order valence-corrected chi connectivity index (χ1v) is 8.75. The first-order chi connectivity index (χ1) is 10.8. The molecule has 0 amide bonds. The van der Waals surface area contributed by atoms with Crippen LogP contribution in [0.3, 0.4) is 0 Å². The van der Waals surface area contributed by atoms with E-state index in [0.717, 1.165) is 30.4 Å². The summed E-state index contributed by atoms with van der Waals surface area (Å²) in [7, 11) is 0. The third-order valence-corrected chi connectivity index (χ3v) is 4.39. The Hall–Kier alpha value is -1.50. The van der Waals surface area contributed by atoms with Gasteiger partial charge in [-0.2, -0.15) is 0 Å². The van der Waals surface area contributed by atoms with Crippen molar-refractivity contribution in [2.45, 2.75) is 52.6 Å². The van der Waals surface area contributed by atoms with Gasteiger partial charge in [-0.05, 0) is 52.3 Å². The van der Waals surface area contributed by atoms with Crippen molar-refractivity contribution in [3.63, 3.8) is 0 Å². The summed E-state index contributed by atoms with van der Waals surface area (Å²) in [6.07, 6.45) is 1.65. The van der Waals surface area contributed by atoms with Crippen LogP contribution in [0.4, 0.5) is 0 Å². The van der Waals surface area contributed by atoms with Gasteiger partial charge in [0.2, 0.25) is 0 Å². The molecule has 23 heavy (non-hydrogen) atoms. The summed E-state index contributed by atoms with van der Waals surface area (Å²) in [5.74, 6) is -0.602. The van der Waals surface area contributed by atoms with Crippen LogP contribution >= 0.6 is 11.8 Å². The van der Waals surface area contributed by atoms with Crippen molar-refractivity contribution in [2.75, 3.05) is 19.7 Å². The van der Waals surface area contributed by atoms with Crippen LogP contribution in [0.5, 0.6) is 0 Å². The number of fused-ring (bicyclic) bond motifs is 1. The van der Waals surface area contributed by atoms with E-state index in [2.05, 4.69) is 4.99 Å². The van der Waals surface area contributed by atoms with Gasteiger partial charge < -0.3 is 14.4 Å². The van der Waals surface area contributed by atoms with E-state index in [-0.39, 0.29) is 18.4 Å². The topological polar surface area (TPSA) is 68.2 Å². The quantitative estimate of drug-likeness (QED) is 0.717. The van der Waals surface area contributed by atoms with Gasteiger partial charge >= 0.3 is 11.9 Å². The number of carbonyl (C=O) groups is 2. The van der Waals surface area contributed by atoms with Crippen LogP contribution < -0.4 is 0 Å². The molecular formula is C16H24N2O4S. The lowest BCUT2D eigenvalue weighted by atomic mass is 10.1. The molecule has 0 saturated heterocycles. The van der Waals surface area contributed by atoms with Gasteiger partial charge in [0.05, 0.1) is 13.0 Å². The SMILES string of the molecule is CCOC(=O)CCC1=C(C(=O)OC(C)(C)C)SC2=NCCCN21. The van der Waals surface area contributed by atoms with Crippen molar-refractivity contribution < 1.29 is 19.1 Å². The summed E-state index contributed by atoms with van der Waals surface area (Å²) < 4.78 is 10.5. The number of aliphatic imine (C=N–C) groups is 1. The van der Waals surface area contributed by atoms with E-state index in [1.165, 1.54) is 11.8 Å². The maximum atomic E-state index is 12.5. The van der Waals surface area contributed by atoms with E-state index in [9.17, 15) is 9.59 Å². The fraction of sp³-hybridized carbons (Fsp3) is 0.688. The van der Waals surface area contributed by atoms with Gasteiger partial charge in [-0.15, -0.1) is 0 Å². The molecule has 0 radical (unpaired) electrons. The molecule has 0 unspecified atom stereocenters. The average Bonchev–Trinajstić information content (AvgIpc) is 2.82. The summed E-state index contributed by atoms with van der Waals surface area (Å²) >= 11 is 1.35. The Balaban J connectivity index is 2.18. The number of nitrogens with zero attached hydrogens (tertiary/aromatic N) is 2. The lowest BCUT2D eigenvalue weighted by Gasteiger charge is -2.25. The number of hydrogen-bond acceptors (Lipinski definition) is 7. The highest BCUT2D eigenvalue weighted by molar-refractivity contribution is 8.18. The Kier molecular flexibility index (Phi) is 5.73. The molecule has 0 bridgehead atoms. The molecule has 0 fully saturated rings. The molecule has 2 rings (SSSR count). The molecule has 0 N–H and O–H groups in total. The summed E-state index contributed by atoms with van der Waals surface area (Å²) in [5, 5.41) is 0.830. The molecule has 0 saturated carbocycles. The molecule has 7 heteroatoms. The highest BCUT2D eigenvalue weighted by Crippen LogP contribution is 2.39. The predicted molar refractivity (Wildman–Crippen MR) is 90.0 cm³/mol. The van der Waals surface area contributed by atoms with E-state index in [0.29, 0.717) is 17.9 Å². The van der Waals surface area contributed by atoms with Crippen LogP contribution in [0, 0.1) is 0 Å². The molecule has 6 nitrogen and oxygen atoms in total. The number of esters is 2. The largest absolute Gasteiger partial charge is 0.466 e. The maximum Gasteiger partial charge on any atom is 0.347 e. The van der Waals surface area contributed by atoms with Gasteiger partial charge in [0.25, 0.3) is 0 Å². The molecule has 0 aromatic carbocycles. The third kappa shape index (κ3) is 4.73. The maximum absolute atomic E-state index is 12.5. The van der Waals surface area contributed by atoms with Crippen molar-refractivity contribution in [1.82, 2.24) is 4.90 Å². The highest BCUT2D eigenvalue weighted by Gasteiger charge is 2.36. The summed E-state index contributed by atoms with van der Waals surface area (Å²) in [4.78, 5) is 31.2. The summed E-state index contributed by atoms with van der Waals surface area (Å²) in [6, 6.07) is 0. The molecule has 0 aromatic rings. The Morgan fingerprint density at radius 1 is 1.35 bits per heavy atom. The molecule has 2 heterocycles. The third-order valence-electron chi connectivity index (χ3n) is 3.25. The minimum absolute atomic E-state index is 0.250. The van der Waals surface area contributed by atoms with Crippen LogP contribution in [0.1, 0.15) is 47.0 Å². The normalized spacial score (nSPS) is 17.7. The van der Waals surface area contributed by atoms with Crippen LogP contribution in [0.25, 0.3) is 0 Å². The van der Waals surface area contributed by atoms with Gasteiger partial charge in [0, 0.05) is 18.8 Å². The second-order valence-electron chi connectivity index (χ2n) is 6.35. The predicted octanol–water partition coefficient (Wildman–Crippen LogP) is 2.69. The standard InChI is InChI=1S/C16H24N2O4S/c1-5-21-12(19)8-7-11-13(14(20)22-16(2,3)4)23-15-17-9-6-10-18(11)15/h5-10H2,1-4H3. The van der Waals surface area contributed by atoms with Crippen molar-refractivity contribution in [2.24, 2.45) is 4.99 Å². The second-order valence-corrected chi connectivity index (χ2v) is 7.33. The number of hydrogen-bond donors (Lipinski definition) is 0. The van der Waals surface area contributed by atoms with Crippen LogP contribution in [0.2, 0.25) is 0 Å². The van der Waals surface area contributed by atoms with Crippen molar-refractivity contribution >= 4 is 28.9 Å². The Morgan fingerprint density at radius 2 is 2.09 bits per heavy atom. The van der Waals surface area contributed by atoms with Gasteiger partial charge in [-0.25, -0.2) is 4.79 Å². The summed E-state index contributed by atoms with van der Waals surface area (Å²) in [5.41, 5.74) is 0.276. The molecule has 2 aliphatic heterocycles. The van der Waals surface area contributed by atoms with Crippen molar-refractivity contribution in [3.05, 3.63) is 10.6 Å². The smallest absolute Gasteiger partial charge is 0.347 e. The zero-order chi connectivity index (χ0) is 17.0. The van der Waals surface area contributed by atoms with Crippen LogP contribution in [0.15, 0.2) is 15.6 Å². The number of ether oxygens (including phenoxy) is 2. The van der Waals surface area contributed by atoms with Crippen molar-refractivity contribution in [3.8, 4) is 0 Å². The number of allylic oxidation sites excluding steroid dienone is 1. The Labute approximate surface area is 141 Å².